The van der Waals surface area contributed by atoms with Gasteiger partial charge in [0.25, 0.3) is 0 Å². The number of aliphatic hydroxyl groups is 1. The normalized spacial score (nSPS) is 29.0. The van der Waals surface area contributed by atoms with Crippen LogP contribution in [-0.2, 0) is 0 Å². The molecule has 0 radical (unpaired) electrons. The van der Waals surface area contributed by atoms with Gasteiger partial charge < -0.3 is 15.1 Å². The number of carbonyl (C=O) groups is 1. The van der Waals surface area contributed by atoms with E-state index in [-0.39, 0.29) is 12.5 Å². The van der Waals surface area contributed by atoms with E-state index in [1.165, 1.54) is 4.90 Å². The number of aliphatic hydroxyl groups excluding tert-OH is 1. The number of β-amino-alcohol motifs (C(OH)–C–C–N with tert-alkyl or cyclic N) is 1. The molecule has 0 bridgehead atoms. The molecule has 0 aromatic rings. The van der Waals surface area contributed by atoms with Gasteiger partial charge in [0.05, 0.1) is 12.6 Å². The van der Waals surface area contributed by atoms with E-state index in [1.807, 2.05) is 0 Å². The van der Waals surface area contributed by atoms with Crippen LogP contribution in [-0.4, -0.2) is 40.4 Å². The van der Waals surface area contributed by atoms with Crippen molar-refractivity contribution in [2.45, 2.75) is 13.0 Å². The van der Waals surface area contributed by atoms with Gasteiger partial charge in [-0.15, -0.1) is 0 Å². The summed E-state index contributed by atoms with van der Waals surface area (Å²) in [5.41, 5.74) is 0.839. The van der Waals surface area contributed by atoms with Crippen LogP contribution in [0.25, 0.3) is 0 Å². The van der Waals surface area contributed by atoms with E-state index in [9.17, 15) is 9.90 Å². The Balaban J connectivity index is 2.62. The Morgan fingerprint density at radius 2 is 2.17 bits per heavy atom. The third-order valence-corrected chi connectivity index (χ3v) is 2.19. The molecule has 1 saturated heterocycles. The average Bonchev–Trinajstić information content (AvgIpc) is 2.30. The van der Waals surface area contributed by atoms with Gasteiger partial charge >= 0.3 is 6.09 Å². The summed E-state index contributed by atoms with van der Waals surface area (Å²) < 4.78 is 0. The van der Waals surface area contributed by atoms with Gasteiger partial charge in [-0.1, -0.05) is 12.2 Å². The lowest BCUT2D eigenvalue weighted by molar-refractivity contribution is 0.136. The average molecular weight is 171 g/mol. The summed E-state index contributed by atoms with van der Waals surface area (Å²) in [5, 5.41) is 18.0. The zero-order valence-electron chi connectivity index (χ0n) is 7.03. The standard InChI is InChI=1S/C8H13NO3/c1-5(2)6-3-9(8(11)12)4-7(6)10/h6-7,10H,1,3-4H2,2H3,(H,11,12)/t6-,7+/m1/s1. The minimum Gasteiger partial charge on any atom is -0.465 e. The van der Waals surface area contributed by atoms with Gasteiger partial charge in [-0.05, 0) is 6.92 Å². The van der Waals surface area contributed by atoms with E-state index in [2.05, 4.69) is 6.58 Å². The molecule has 68 valence electrons. The van der Waals surface area contributed by atoms with Crippen molar-refractivity contribution in [2.75, 3.05) is 13.1 Å². The summed E-state index contributed by atoms with van der Waals surface area (Å²) in [6, 6.07) is 0. The summed E-state index contributed by atoms with van der Waals surface area (Å²) >= 11 is 0. The Labute approximate surface area is 71.1 Å². The first kappa shape index (κ1) is 9.06. The molecule has 1 aliphatic heterocycles. The second kappa shape index (κ2) is 3.15. The number of rotatable bonds is 1. The Hall–Kier alpha value is -1.03. The van der Waals surface area contributed by atoms with E-state index < -0.39 is 12.2 Å². The smallest absolute Gasteiger partial charge is 0.407 e. The predicted octanol–water partition coefficient (Wildman–Crippen LogP) is 0.533. The van der Waals surface area contributed by atoms with E-state index in [0.29, 0.717) is 6.54 Å². The predicted molar refractivity (Wildman–Crippen MR) is 43.9 cm³/mol. The molecule has 2 atom stereocenters. The summed E-state index contributed by atoms with van der Waals surface area (Å²) in [7, 11) is 0. The molecule has 1 aliphatic rings. The van der Waals surface area contributed by atoms with E-state index >= 15 is 0 Å². The second-order valence-electron chi connectivity index (χ2n) is 3.21. The molecular formula is C8H13NO3. The lowest BCUT2D eigenvalue weighted by Gasteiger charge is -2.11. The molecule has 1 fully saturated rings. The van der Waals surface area contributed by atoms with Crippen LogP contribution in [0.5, 0.6) is 0 Å². The maximum atomic E-state index is 10.5. The number of likely N-dealkylation sites (tertiary alicyclic amines) is 1. The first-order valence-electron chi connectivity index (χ1n) is 3.83. The SMILES string of the molecule is C=C(C)[C@H]1CN(C(=O)O)C[C@@H]1O. The molecule has 1 amide bonds. The number of hydrogen-bond acceptors (Lipinski definition) is 2. The summed E-state index contributed by atoms with van der Waals surface area (Å²) in [4.78, 5) is 11.7. The Morgan fingerprint density at radius 3 is 2.42 bits per heavy atom. The van der Waals surface area contributed by atoms with Crippen LogP contribution >= 0.6 is 0 Å². The zero-order chi connectivity index (χ0) is 9.30. The van der Waals surface area contributed by atoms with Gasteiger partial charge in [-0.2, -0.15) is 0 Å². The summed E-state index contributed by atoms with van der Waals surface area (Å²) in [6.07, 6.45) is -1.56. The largest absolute Gasteiger partial charge is 0.465 e. The second-order valence-corrected chi connectivity index (χ2v) is 3.21. The highest BCUT2D eigenvalue weighted by Crippen LogP contribution is 2.22. The third-order valence-electron chi connectivity index (χ3n) is 2.19. The topological polar surface area (TPSA) is 60.8 Å². The van der Waals surface area contributed by atoms with Gasteiger partial charge in [0.1, 0.15) is 0 Å². The molecule has 4 nitrogen and oxygen atoms in total. The van der Waals surface area contributed by atoms with E-state index in [1.54, 1.807) is 6.92 Å². The lowest BCUT2D eigenvalue weighted by Crippen LogP contribution is -2.27. The zero-order valence-corrected chi connectivity index (χ0v) is 7.03. The van der Waals surface area contributed by atoms with Crippen molar-refractivity contribution in [3.63, 3.8) is 0 Å². The lowest BCUT2D eigenvalue weighted by atomic mass is 9.99. The fraction of sp³-hybridized carbons (Fsp3) is 0.625. The maximum absolute atomic E-state index is 10.5. The number of hydrogen-bond donors (Lipinski definition) is 2. The van der Waals surface area contributed by atoms with E-state index in [4.69, 9.17) is 5.11 Å². The molecule has 0 unspecified atom stereocenters. The third kappa shape index (κ3) is 1.58. The van der Waals surface area contributed by atoms with Crippen molar-refractivity contribution in [2.24, 2.45) is 5.92 Å². The molecule has 0 saturated carbocycles. The van der Waals surface area contributed by atoms with Gasteiger partial charge in [0.2, 0.25) is 0 Å². The van der Waals surface area contributed by atoms with Crippen LogP contribution in [0, 0.1) is 5.92 Å². The van der Waals surface area contributed by atoms with Gasteiger partial charge in [-0.3, -0.25) is 0 Å². The van der Waals surface area contributed by atoms with Gasteiger partial charge in [0, 0.05) is 12.5 Å². The molecule has 1 heterocycles. The van der Waals surface area contributed by atoms with Crippen LogP contribution in [0.2, 0.25) is 0 Å². The van der Waals surface area contributed by atoms with Crippen LogP contribution in [0.1, 0.15) is 6.92 Å². The van der Waals surface area contributed by atoms with Crippen LogP contribution in [0.3, 0.4) is 0 Å². The monoisotopic (exact) mass is 171 g/mol. The molecule has 12 heavy (non-hydrogen) atoms. The van der Waals surface area contributed by atoms with Crippen molar-refractivity contribution >= 4 is 6.09 Å². The molecule has 0 aromatic carbocycles. The highest BCUT2D eigenvalue weighted by molar-refractivity contribution is 5.65. The highest BCUT2D eigenvalue weighted by atomic mass is 16.4. The van der Waals surface area contributed by atoms with Crippen LogP contribution in [0.15, 0.2) is 12.2 Å². The fourth-order valence-electron chi connectivity index (χ4n) is 1.43. The fourth-order valence-corrected chi connectivity index (χ4v) is 1.43. The Morgan fingerprint density at radius 1 is 1.58 bits per heavy atom. The van der Waals surface area contributed by atoms with Gasteiger partial charge in [0.15, 0.2) is 0 Å². The van der Waals surface area contributed by atoms with Crippen molar-refractivity contribution < 1.29 is 15.0 Å². The van der Waals surface area contributed by atoms with Crippen molar-refractivity contribution in [1.29, 1.82) is 0 Å². The van der Waals surface area contributed by atoms with Crippen molar-refractivity contribution in [1.82, 2.24) is 4.90 Å². The molecule has 0 aliphatic carbocycles. The van der Waals surface area contributed by atoms with E-state index in [0.717, 1.165) is 5.57 Å². The minimum absolute atomic E-state index is 0.0962. The highest BCUT2D eigenvalue weighted by Gasteiger charge is 2.33. The van der Waals surface area contributed by atoms with Crippen molar-refractivity contribution in [3.8, 4) is 0 Å². The first-order valence-corrected chi connectivity index (χ1v) is 3.83. The Kier molecular flexibility index (Phi) is 2.38. The number of amides is 1. The van der Waals surface area contributed by atoms with Crippen LogP contribution in [0.4, 0.5) is 4.79 Å². The Bertz CT molecular complexity index is 214. The van der Waals surface area contributed by atoms with Crippen molar-refractivity contribution in [3.05, 3.63) is 12.2 Å². The molecule has 1 rings (SSSR count). The molecule has 2 N–H and O–H groups in total. The maximum Gasteiger partial charge on any atom is 0.407 e. The summed E-state index contributed by atoms with van der Waals surface area (Å²) in [6.45, 7) is 6.07. The molecule has 4 heteroatoms. The summed E-state index contributed by atoms with van der Waals surface area (Å²) in [5.74, 6) is -0.0962. The van der Waals surface area contributed by atoms with Gasteiger partial charge in [-0.25, -0.2) is 4.79 Å². The number of carboxylic acid groups (broad SMARTS) is 1. The molecule has 0 spiro atoms. The number of nitrogens with zero attached hydrogens (tertiary/aromatic N) is 1. The van der Waals surface area contributed by atoms with Crippen LogP contribution < -0.4 is 0 Å². The first-order chi connectivity index (χ1) is 5.52. The molecular weight excluding hydrogens is 158 g/mol. The minimum atomic E-state index is -0.974. The quantitative estimate of drug-likeness (QED) is 0.566. The molecule has 0 aromatic heterocycles.